The number of methoxy groups -OCH3 is 1. The predicted molar refractivity (Wildman–Crippen MR) is 85.7 cm³/mol. The zero-order valence-corrected chi connectivity index (χ0v) is 13.0. The summed E-state index contributed by atoms with van der Waals surface area (Å²) in [6, 6.07) is 9.44. The van der Waals surface area contributed by atoms with E-state index in [0.717, 1.165) is 22.6 Å². The van der Waals surface area contributed by atoms with E-state index in [1.165, 1.54) is 0 Å². The minimum atomic E-state index is -0.274. The van der Waals surface area contributed by atoms with E-state index >= 15 is 0 Å². The maximum atomic E-state index is 12.6. The van der Waals surface area contributed by atoms with Gasteiger partial charge in [-0.15, -0.1) is 0 Å². The lowest BCUT2D eigenvalue weighted by Crippen LogP contribution is -2.27. The molecular weight excluding hydrogens is 264 g/mol. The van der Waals surface area contributed by atoms with Crippen LogP contribution in [0.1, 0.15) is 31.0 Å². The van der Waals surface area contributed by atoms with Crippen LogP contribution < -0.4 is 16.0 Å². The fraction of sp³-hybridized carbons (Fsp3) is 0.353. The summed E-state index contributed by atoms with van der Waals surface area (Å²) in [4.78, 5) is 12.6. The average Bonchev–Trinajstić information content (AvgIpc) is 2.46. The van der Waals surface area contributed by atoms with Crippen molar-refractivity contribution in [1.29, 1.82) is 0 Å². The second-order valence-corrected chi connectivity index (χ2v) is 5.22. The Hall–Kier alpha value is -2.07. The molecule has 0 amide bonds. The lowest BCUT2D eigenvalue weighted by atomic mass is 10.0. The van der Waals surface area contributed by atoms with Gasteiger partial charge < -0.3 is 15.0 Å². The first-order valence-corrected chi connectivity index (χ1v) is 7.14. The van der Waals surface area contributed by atoms with Gasteiger partial charge in [-0.25, -0.2) is 0 Å². The molecule has 0 aliphatic carbocycles. The van der Waals surface area contributed by atoms with Gasteiger partial charge in [-0.2, -0.15) is 0 Å². The molecule has 1 heterocycles. The maximum Gasteiger partial charge on any atom is 0.255 e. The highest BCUT2D eigenvalue weighted by Crippen LogP contribution is 2.30. The van der Waals surface area contributed by atoms with Crippen LogP contribution in [-0.2, 0) is 6.54 Å². The monoisotopic (exact) mass is 286 g/mol. The van der Waals surface area contributed by atoms with Crippen molar-refractivity contribution >= 4 is 0 Å². The third-order valence-corrected chi connectivity index (χ3v) is 3.64. The van der Waals surface area contributed by atoms with Crippen LogP contribution in [0, 0.1) is 6.92 Å². The Kier molecular flexibility index (Phi) is 4.48. The molecule has 1 atom stereocenters. The van der Waals surface area contributed by atoms with E-state index in [1.54, 1.807) is 11.7 Å². The molecule has 0 aliphatic heterocycles. The first kappa shape index (κ1) is 15.3. The predicted octanol–water partition coefficient (Wildman–Crippen LogP) is 2.87. The number of pyridine rings is 1. The minimum absolute atomic E-state index is 0.0337. The van der Waals surface area contributed by atoms with Gasteiger partial charge in [-0.05, 0) is 45.0 Å². The van der Waals surface area contributed by atoms with E-state index in [1.807, 2.05) is 51.1 Å². The fourth-order valence-corrected chi connectivity index (χ4v) is 2.51. The molecule has 0 bridgehead atoms. The van der Waals surface area contributed by atoms with Gasteiger partial charge in [0, 0.05) is 23.7 Å². The molecule has 0 radical (unpaired) electrons. The summed E-state index contributed by atoms with van der Waals surface area (Å²) in [6.07, 6.45) is 0. The summed E-state index contributed by atoms with van der Waals surface area (Å²) in [6.45, 7) is 6.39. The van der Waals surface area contributed by atoms with Crippen LogP contribution in [0.5, 0.6) is 5.75 Å². The number of benzene rings is 1. The molecule has 0 saturated heterocycles. The SMILES string of the molecule is CCn1c(-c2cc(C)ccc2OC)ccc(C(C)N)c1=O. The van der Waals surface area contributed by atoms with Crippen LogP contribution in [0.3, 0.4) is 0 Å². The highest BCUT2D eigenvalue weighted by atomic mass is 16.5. The lowest BCUT2D eigenvalue weighted by molar-refractivity contribution is 0.416. The molecule has 1 aromatic carbocycles. The molecular formula is C17H22N2O2. The van der Waals surface area contributed by atoms with Crippen LogP contribution in [0.25, 0.3) is 11.3 Å². The zero-order chi connectivity index (χ0) is 15.6. The van der Waals surface area contributed by atoms with Crippen molar-refractivity contribution in [3.63, 3.8) is 0 Å². The van der Waals surface area contributed by atoms with E-state index in [4.69, 9.17) is 10.5 Å². The number of hydrogen-bond donors (Lipinski definition) is 1. The van der Waals surface area contributed by atoms with Crippen molar-refractivity contribution in [2.45, 2.75) is 33.4 Å². The average molecular weight is 286 g/mol. The number of nitrogens with two attached hydrogens (primary N) is 1. The summed E-state index contributed by atoms with van der Waals surface area (Å²) in [5.74, 6) is 0.760. The molecule has 2 rings (SSSR count). The van der Waals surface area contributed by atoms with E-state index in [9.17, 15) is 4.79 Å². The van der Waals surface area contributed by atoms with Crippen molar-refractivity contribution in [2.75, 3.05) is 7.11 Å². The van der Waals surface area contributed by atoms with Crippen LogP contribution in [0.4, 0.5) is 0 Å². The number of aromatic nitrogens is 1. The lowest BCUT2D eigenvalue weighted by Gasteiger charge is -2.17. The Balaban J connectivity index is 2.73. The third kappa shape index (κ3) is 2.85. The van der Waals surface area contributed by atoms with Crippen LogP contribution in [0.15, 0.2) is 35.1 Å². The number of rotatable bonds is 4. The highest BCUT2D eigenvalue weighted by Gasteiger charge is 2.14. The largest absolute Gasteiger partial charge is 0.496 e. The van der Waals surface area contributed by atoms with Crippen molar-refractivity contribution in [3.05, 3.63) is 51.8 Å². The van der Waals surface area contributed by atoms with Gasteiger partial charge in [-0.3, -0.25) is 4.79 Å². The molecule has 112 valence electrons. The van der Waals surface area contributed by atoms with Gasteiger partial charge in [0.15, 0.2) is 0 Å². The van der Waals surface area contributed by atoms with E-state index in [2.05, 4.69) is 0 Å². The number of ether oxygens (including phenoxy) is 1. The Labute approximate surface area is 125 Å². The van der Waals surface area contributed by atoms with Gasteiger partial charge >= 0.3 is 0 Å². The van der Waals surface area contributed by atoms with Gasteiger partial charge in [0.2, 0.25) is 0 Å². The molecule has 0 aliphatic rings. The molecule has 2 N–H and O–H groups in total. The van der Waals surface area contributed by atoms with Gasteiger partial charge in [-0.1, -0.05) is 11.6 Å². The number of hydrogen-bond acceptors (Lipinski definition) is 3. The Morgan fingerprint density at radius 2 is 2.00 bits per heavy atom. The highest BCUT2D eigenvalue weighted by molar-refractivity contribution is 5.68. The molecule has 21 heavy (non-hydrogen) atoms. The summed E-state index contributed by atoms with van der Waals surface area (Å²) < 4.78 is 7.18. The Morgan fingerprint density at radius 1 is 1.29 bits per heavy atom. The second-order valence-electron chi connectivity index (χ2n) is 5.22. The fourth-order valence-electron chi connectivity index (χ4n) is 2.51. The molecule has 1 unspecified atom stereocenters. The van der Waals surface area contributed by atoms with E-state index in [-0.39, 0.29) is 11.6 Å². The van der Waals surface area contributed by atoms with Crippen molar-refractivity contribution in [3.8, 4) is 17.0 Å². The maximum absolute atomic E-state index is 12.6. The molecule has 1 aromatic heterocycles. The quantitative estimate of drug-likeness (QED) is 0.940. The van der Waals surface area contributed by atoms with E-state index < -0.39 is 0 Å². The van der Waals surface area contributed by atoms with Crippen LogP contribution in [-0.4, -0.2) is 11.7 Å². The molecule has 2 aromatic rings. The molecule has 0 spiro atoms. The van der Waals surface area contributed by atoms with Gasteiger partial charge in [0.25, 0.3) is 5.56 Å². The molecule has 4 heteroatoms. The first-order valence-electron chi connectivity index (χ1n) is 7.14. The topological polar surface area (TPSA) is 57.2 Å². The Morgan fingerprint density at radius 3 is 2.57 bits per heavy atom. The summed E-state index contributed by atoms with van der Waals surface area (Å²) in [5.41, 5.74) is 9.37. The van der Waals surface area contributed by atoms with Gasteiger partial charge in [0.1, 0.15) is 5.75 Å². The smallest absolute Gasteiger partial charge is 0.255 e. The second kappa shape index (κ2) is 6.14. The normalized spacial score (nSPS) is 12.2. The van der Waals surface area contributed by atoms with Gasteiger partial charge in [0.05, 0.1) is 12.8 Å². The van der Waals surface area contributed by atoms with Crippen LogP contribution in [0.2, 0.25) is 0 Å². The van der Waals surface area contributed by atoms with E-state index in [0.29, 0.717) is 12.1 Å². The molecule has 0 fully saturated rings. The molecule has 0 saturated carbocycles. The minimum Gasteiger partial charge on any atom is -0.496 e. The van der Waals surface area contributed by atoms with Crippen LogP contribution >= 0.6 is 0 Å². The standard InChI is InChI=1S/C17H22N2O2/c1-5-19-15(8-7-13(12(3)18)17(19)20)14-10-11(2)6-9-16(14)21-4/h6-10,12H,5,18H2,1-4H3. The number of nitrogens with zero attached hydrogens (tertiary/aromatic N) is 1. The number of aryl methyl sites for hydroxylation is 1. The summed E-state index contributed by atoms with van der Waals surface area (Å²) in [5, 5.41) is 0. The zero-order valence-electron chi connectivity index (χ0n) is 13.0. The third-order valence-electron chi connectivity index (χ3n) is 3.64. The Bertz CT molecular complexity index is 702. The van der Waals surface area contributed by atoms with Crippen molar-refractivity contribution < 1.29 is 4.74 Å². The molecule has 4 nitrogen and oxygen atoms in total. The summed E-state index contributed by atoms with van der Waals surface area (Å²) in [7, 11) is 1.64. The first-order chi connectivity index (χ1) is 9.99. The summed E-state index contributed by atoms with van der Waals surface area (Å²) >= 11 is 0. The van der Waals surface area contributed by atoms with Crippen molar-refractivity contribution in [2.24, 2.45) is 5.73 Å². The van der Waals surface area contributed by atoms with Crippen molar-refractivity contribution in [1.82, 2.24) is 4.57 Å².